The number of hydrogen-bond donors (Lipinski definition) is 1. The lowest BCUT2D eigenvalue weighted by atomic mass is 10.1. The third kappa shape index (κ3) is 2.62. The minimum absolute atomic E-state index is 0.0378. The van der Waals surface area contributed by atoms with Crippen LogP contribution < -0.4 is 4.72 Å². The Morgan fingerprint density at radius 1 is 0.958 bits per heavy atom. The molecule has 0 radical (unpaired) electrons. The molecule has 0 atom stereocenters. The zero-order valence-electron chi connectivity index (χ0n) is 12.2. The third-order valence-corrected chi connectivity index (χ3v) is 6.54. The Kier molecular flexibility index (Phi) is 3.68. The Morgan fingerprint density at radius 3 is 2.54 bits per heavy atom. The van der Waals surface area contributed by atoms with Crippen LogP contribution in [-0.2, 0) is 10.0 Å². The van der Waals surface area contributed by atoms with Crippen molar-refractivity contribution in [2.24, 2.45) is 0 Å². The summed E-state index contributed by atoms with van der Waals surface area (Å²) in [6.07, 6.45) is 0. The van der Waals surface area contributed by atoms with E-state index in [1.54, 1.807) is 18.2 Å². The van der Waals surface area contributed by atoms with Gasteiger partial charge in [0.1, 0.15) is 4.90 Å². The highest BCUT2D eigenvalue weighted by Gasteiger charge is 2.19. The first-order chi connectivity index (χ1) is 11.5. The van der Waals surface area contributed by atoms with E-state index in [4.69, 9.17) is 11.6 Å². The van der Waals surface area contributed by atoms with Gasteiger partial charge >= 0.3 is 0 Å². The van der Waals surface area contributed by atoms with Gasteiger partial charge in [0.05, 0.1) is 15.2 Å². The molecule has 0 fully saturated rings. The van der Waals surface area contributed by atoms with Crippen LogP contribution in [0.3, 0.4) is 0 Å². The van der Waals surface area contributed by atoms with Crippen molar-refractivity contribution in [2.45, 2.75) is 4.90 Å². The van der Waals surface area contributed by atoms with E-state index in [-0.39, 0.29) is 9.92 Å². The molecule has 4 nitrogen and oxygen atoms in total. The summed E-state index contributed by atoms with van der Waals surface area (Å²) in [7, 11) is -3.78. The van der Waals surface area contributed by atoms with Gasteiger partial charge in [-0.3, -0.25) is 4.72 Å². The van der Waals surface area contributed by atoms with Crippen LogP contribution in [0.15, 0.2) is 65.6 Å². The predicted octanol–water partition coefficient (Wildman–Crippen LogP) is 4.90. The zero-order valence-corrected chi connectivity index (χ0v) is 14.6. The van der Waals surface area contributed by atoms with Gasteiger partial charge in [0.25, 0.3) is 10.0 Å². The molecule has 0 aliphatic heterocycles. The Bertz CT molecular complexity index is 1170. The highest BCUT2D eigenvalue weighted by atomic mass is 35.5. The molecule has 7 heteroatoms. The van der Waals surface area contributed by atoms with Gasteiger partial charge in [-0.25, -0.2) is 13.4 Å². The largest absolute Gasteiger partial charge is 0.265 e. The number of thiazole rings is 1. The van der Waals surface area contributed by atoms with Crippen LogP contribution in [0.2, 0.25) is 5.02 Å². The summed E-state index contributed by atoms with van der Waals surface area (Å²) in [6.45, 7) is 0. The average Bonchev–Trinajstić information content (AvgIpc) is 2.97. The fourth-order valence-corrected chi connectivity index (χ4v) is 5.18. The molecule has 120 valence electrons. The lowest BCUT2D eigenvalue weighted by molar-refractivity contribution is 0.601. The first-order valence-electron chi connectivity index (χ1n) is 7.10. The number of nitrogens with zero attached hydrogens (tertiary/aromatic N) is 1. The van der Waals surface area contributed by atoms with Crippen molar-refractivity contribution in [2.75, 3.05) is 4.72 Å². The predicted molar refractivity (Wildman–Crippen MR) is 99.4 cm³/mol. The molecule has 1 heterocycles. The Balaban J connectivity index is 1.80. The van der Waals surface area contributed by atoms with Gasteiger partial charge in [-0.1, -0.05) is 65.4 Å². The molecule has 3 aromatic carbocycles. The van der Waals surface area contributed by atoms with Crippen LogP contribution in [0.4, 0.5) is 5.13 Å². The van der Waals surface area contributed by atoms with Crippen molar-refractivity contribution in [3.05, 3.63) is 65.7 Å². The molecule has 0 amide bonds. The molecular formula is C17H11ClN2O2S2. The number of benzene rings is 3. The first-order valence-corrected chi connectivity index (χ1v) is 9.78. The Labute approximate surface area is 147 Å². The van der Waals surface area contributed by atoms with Crippen LogP contribution in [-0.4, -0.2) is 13.4 Å². The Morgan fingerprint density at radius 2 is 1.71 bits per heavy atom. The molecule has 0 aliphatic carbocycles. The molecule has 1 N–H and O–H groups in total. The van der Waals surface area contributed by atoms with Crippen molar-refractivity contribution >= 4 is 59.1 Å². The van der Waals surface area contributed by atoms with Crippen LogP contribution in [0.1, 0.15) is 0 Å². The lowest BCUT2D eigenvalue weighted by Crippen LogP contribution is -2.13. The molecule has 0 saturated heterocycles. The van der Waals surface area contributed by atoms with E-state index in [0.29, 0.717) is 5.13 Å². The van der Waals surface area contributed by atoms with E-state index >= 15 is 0 Å². The first kappa shape index (κ1) is 15.4. The summed E-state index contributed by atoms with van der Waals surface area (Å²) in [5.41, 5.74) is 0.787. The number of fused-ring (bicyclic) bond motifs is 3. The number of halogens is 1. The highest BCUT2D eigenvalue weighted by Crippen LogP contribution is 2.33. The molecule has 0 spiro atoms. The van der Waals surface area contributed by atoms with E-state index in [2.05, 4.69) is 9.71 Å². The molecule has 0 saturated carbocycles. The fourth-order valence-electron chi connectivity index (χ4n) is 2.54. The van der Waals surface area contributed by atoms with Crippen molar-refractivity contribution in [3.8, 4) is 0 Å². The molecular weight excluding hydrogens is 364 g/mol. The highest BCUT2D eigenvalue weighted by molar-refractivity contribution is 7.93. The second-order valence-electron chi connectivity index (χ2n) is 5.19. The van der Waals surface area contributed by atoms with E-state index < -0.39 is 10.0 Å². The van der Waals surface area contributed by atoms with E-state index in [1.807, 2.05) is 36.4 Å². The average molecular weight is 375 g/mol. The second kappa shape index (κ2) is 5.73. The van der Waals surface area contributed by atoms with Crippen LogP contribution in [0.25, 0.3) is 21.0 Å². The van der Waals surface area contributed by atoms with Crippen LogP contribution >= 0.6 is 22.9 Å². The van der Waals surface area contributed by atoms with Gasteiger partial charge in [0, 0.05) is 5.39 Å². The molecule has 4 rings (SSSR count). The second-order valence-corrected chi connectivity index (χ2v) is 8.28. The maximum atomic E-state index is 12.5. The minimum Gasteiger partial charge on any atom is -0.255 e. The number of hydrogen-bond acceptors (Lipinski definition) is 4. The minimum atomic E-state index is -3.78. The summed E-state index contributed by atoms with van der Waals surface area (Å²) < 4.78 is 28.5. The summed E-state index contributed by atoms with van der Waals surface area (Å²) >= 11 is 7.29. The topological polar surface area (TPSA) is 59.1 Å². The maximum absolute atomic E-state index is 12.5. The normalized spacial score (nSPS) is 11.9. The summed E-state index contributed by atoms with van der Waals surface area (Å²) in [6, 6.07) is 18.2. The van der Waals surface area contributed by atoms with Gasteiger partial charge < -0.3 is 0 Å². The van der Waals surface area contributed by atoms with Crippen molar-refractivity contribution < 1.29 is 8.42 Å². The summed E-state index contributed by atoms with van der Waals surface area (Å²) in [5.74, 6) is 0. The lowest BCUT2D eigenvalue weighted by Gasteiger charge is -2.06. The van der Waals surface area contributed by atoms with Crippen LogP contribution in [0.5, 0.6) is 0 Å². The number of rotatable bonds is 3. The molecule has 1 aromatic heterocycles. The van der Waals surface area contributed by atoms with Crippen molar-refractivity contribution in [1.29, 1.82) is 0 Å². The Hall–Kier alpha value is -2.15. The molecule has 24 heavy (non-hydrogen) atoms. The third-order valence-electron chi connectivity index (χ3n) is 3.63. The van der Waals surface area contributed by atoms with E-state index in [1.165, 1.54) is 17.4 Å². The molecule has 0 unspecified atom stereocenters. The number of anilines is 1. The van der Waals surface area contributed by atoms with E-state index in [9.17, 15) is 8.42 Å². The standard InChI is InChI=1S/C17H11ClN2O2S2/c18-13-7-3-4-8-15(13)24(21,22)20-17-19-16-12-6-2-1-5-11(12)9-10-14(16)23-17/h1-10H,(H,19,20). The number of sulfonamides is 1. The SMILES string of the molecule is O=S(=O)(Nc1nc2c(ccc3ccccc32)s1)c1ccccc1Cl. The smallest absolute Gasteiger partial charge is 0.255 e. The van der Waals surface area contributed by atoms with Gasteiger partial charge in [-0.15, -0.1) is 0 Å². The quantitative estimate of drug-likeness (QED) is 0.554. The zero-order chi connectivity index (χ0) is 16.7. The fraction of sp³-hybridized carbons (Fsp3) is 0. The van der Waals surface area contributed by atoms with Gasteiger partial charge in [0.15, 0.2) is 5.13 Å². The van der Waals surface area contributed by atoms with Gasteiger partial charge in [0.2, 0.25) is 0 Å². The number of aromatic nitrogens is 1. The summed E-state index contributed by atoms with van der Waals surface area (Å²) in [4.78, 5) is 4.50. The molecule has 4 aromatic rings. The molecule has 0 bridgehead atoms. The number of nitrogens with one attached hydrogen (secondary N) is 1. The van der Waals surface area contributed by atoms with Gasteiger partial charge in [-0.2, -0.15) is 0 Å². The van der Waals surface area contributed by atoms with Crippen molar-refractivity contribution in [3.63, 3.8) is 0 Å². The monoisotopic (exact) mass is 374 g/mol. The molecule has 0 aliphatic rings. The van der Waals surface area contributed by atoms with Crippen molar-refractivity contribution in [1.82, 2.24) is 4.98 Å². The van der Waals surface area contributed by atoms with E-state index in [0.717, 1.165) is 21.0 Å². The maximum Gasteiger partial charge on any atom is 0.265 e. The van der Waals surface area contributed by atoms with Gasteiger partial charge in [-0.05, 0) is 23.6 Å². The van der Waals surface area contributed by atoms with Crippen LogP contribution in [0, 0.1) is 0 Å². The summed E-state index contributed by atoms with van der Waals surface area (Å²) in [5, 5.41) is 2.56.